The van der Waals surface area contributed by atoms with Crippen LogP contribution in [0.25, 0.3) is 0 Å². The molecule has 2 aliphatic heterocycles. The lowest BCUT2D eigenvalue weighted by Crippen LogP contribution is -2.28. The van der Waals surface area contributed by atoms with Crippen LogP contribution in [0.3, 0.4) is 0 Å². The minimum Gasteiger partial charge on any atom is -0.356 e. The summed E-state index contributed by atoms with van der Waals surface area (Å²) in [6.07, 6.45) is 16.8. The highest BCUT2D eigenvalue weighted by molar-refractivity contribution is 7.86. The van der Waals surface area contributed by atoms with E-state index in [9.17, 15) is 30.7 Å². The number of amides is 1. The fourth-order valence-corrected chi connectivity index (χ4v) is 8.25. The molecule has 5 N–H and O–H groups in total. The summed E-state index contributed by atoms with van der Waals surface area (Å²) in [5.41, 5.74) is 9.80. The molecule has 2 aromatic carbocycles. The number of nitrogens with zero attached hydrogens (tertiary/aromatic N) is 2. The van der Waals surface area contributed by atoms with Crippen molar-refractivity contribution in [3.8, 4) is 0 Å². The number of rotatable bonds is 18. The van der Waals surface area contributed by atoms with E-state index in [1.165, 1.54) is 18.2 Å². The van der Waals surface area contributed by atoms with Gasteiger partial charge in [0.15, 0.2) is 5.71 Å². The van der Waals surface area contributed by atoms with Crippen molar-refractivity contribution in [1.82, 2.24) is 5.32 Å². The molecule has 1 amide bonds. The summed E-state index contributed by atoms with van der Waals surface area (Å²) < 4.78 is 69.4. The summed E-state index contributed by atoms with van der Waals surface area (Å²) in [6, 6.07) is 9.41. The van der Waals surface area contributed by atoms with Gasteiger partial charge in [0.25, 0.3) is 20.2 Å². The van der Waals surface area contributed by atoms with Crippen molar-refractivity contribution >= 4 is 43.2 Å². The average molecular weight is 756 g/mol. The zero-order valence-electron chi connectivity index (χ0n) is 31.1. The maximum absolute atomic E-state index is 12.3. The summed E-state index contributed by atoms with van der Waals surface area (Å²) in [5, 5.41) is 3.01. The highest BCUT2D eigenvalue weighted by Gasteiger charge is 2.45. The Bertz CT molecular complexity index is 1980. The number of fused-ring (bicyclic) bond motifs is 2. The first-order valence-electron chi connectivity index (χ1n) is 18.1. The third kappa shape index (κ3) is 9.48. The number of nitrogens with one attached hydrogen (secondary N) is 1. The predicted molar refractivity (Wildman–Crippen MR) is 207 cm³/mol. The lowest BCUT2D eigenvalue weighted by molar-refractivity contribution is -0.438. The van der Waals surface area contributed by atoms with Crippen LogP contribution in [-0.4, -0.2) is 68.3 Å². The molecule has 0 unspecified atom stereocenters. The first-order chi connectivity index (χ1) is 24.4. The first-order valence-corrected chi connectivity index (χ1v) is 21.0. The molecule has 0 saturated heterocycles. The second-order valence-electron chi connectivity index (χ2n) is 14.5. The van der Waals surface area contributed by atoms with E-state index in [2.05, 4.69) is 14.8 Å². The molecule has 2 aromatic rings. The van der Waals surface area contributed by atoms with Crippen molar-refractivity contribution in [3.63, 3.8) is 0 Å². The maximum atomic E-state index is 12.3. The molecule has 284 valence electrons. The molecule has 0 saturated carbocycles. The van der Waals surface area contributed by atoms with E-state index in [1.54, 1.807) is 18.2 Å². The summed E-state index contributed by atoms with van der Waals surface area (Å²) in [6.45, 7) is 12.9. The van der Waals surface area contributed by atoms with Gasteiger partial charge < -0.3 is 16.0 Å². The molecule has 0 radical (unpaired) electrons. The van der Waals surface area contributed by atoms with E-state index >= 15 is 0 Å². The molecule has 13 heteroatoms. The molecule has 0 bridgehead atoms. The topological polar surface area (TPSA) is 170 Å². The Morgan fingerprint density at radius 3 is 2.12 bits per heavy atom. The summed E-state index contributed by atoms with van der Waals surface area (Å²) in [5.74, 6) is 0.0657. The molecule has 11 nitrogen and oxygen atoms in total. The maximum Gasteiger partial charge on any atom is 0.294 e. The Morgan fingerprint density at radius 2 is 1.46 bits per heavy atom. The van der Waals surface area contributed by atoms with Gasteiger partial charge in [0.2, 0.25) is 11.6 Å². The molecule has 0 fully saturated rings. The van der Waals surface area contributed by atoms with Gasteiger partial charge in [0.05, 0.1) is 15.2 Å². The molecule has 4 rings (SSSR count). The minimum atomic E-state index is -4.39. The van der Waals surface area contributed by atoms with Crippen molar-refractivity contribution in [3.05, 3.63) is 83.6 Å². The number of carbonyl (C=O) groups excluding carboxylic acids is 1. The molecule has 0 atom stereocenters. The number of hydrogen-bond donors (Lipinski definition) is 4. The van der Waals surface area contributed by atoms with Gasteiger partial charge in [-0.3, -0.25) is 13.9 Å². The van der Waals surface area contributed by atoms with Crippen LogP contribution in [0.5, 0.6) is 0 Å². The molecular weight excluding hydrogens is 701 g/mol. The van der Waals surface area contributed by atoms with Gasteiger partial charge in [-0.15, -0.1) is 0 Å². The monoisotopic (exact) mass is 755 g/mol. The summed E-state index contributed by atoms with van der Waals surface area (Å²) in [4.78, 5) is 14.2. The third-order valence-electron chi connectivity index (χ3n) is 10.1. The van der Waals surface area contributed by atoms with E-state index in [0.717, 1.165) is 78.9 Å². The lowest BCUT2D eigenvalue weighted by atomic mass is 9.81. The molecule has 52 heavy (non-hydrogen) atoms. The standard InChI is InChI=1S/C39H54N4O7S2/c1-6-42-33-22-20-29(51(45,46)47)27-31(33)38(2,3)35(42)17-11-9-12-18-36-39(4,5)32-28-30(52(48,49)50)21-23-34(32)43(36)26-16-10-13-19-37(44)41-25-15-8-7-14-24-40/h9,11-12,17-18,20-23,27-28H,6-8,10,13-16,19,24-26,40H2,1-5H3,(H2-,41,44,45,46,47,48,49,50)/p+1. The van der Waals surface area contributed by atoms with E-state index in [4.69, 9.17) is 5.73 Å². The fraction of sp³-hybridized carbons (Fsp3) is 0.487. The van der Waals surface area contributed by atoms with Gasteiger partial charge >= 0.3 is 0 Å². The van der Waals surface area contributed by atoms with Crippen LogP contribution in [0.4, 0.5) is 11.4 Å². The van der Waals surface area contributed by atoms with Crippen LogP contribution in [0.1, 0.15) is 97.1 Å². The Kier molecular flexibility index (Phi) is 13.5. The van der Waals surface area contributed by atoms with Crippen molar-refractivity contribution in [2.75, 3.05) is 31.1 Å². The number of hydrogen-bond acceptors (Lipinski definition) is 7. The van der Waals surface area contributed by atoms with E-state index in [0.29, 0.717) is 32.6 Å². The Balaban J connectivity index is 1.51. The molecule has 0 spiro atoms. The van der Waals surface area contributed by atoms with Gasteiger partial charge in [-0.2, -0.15) is 21.4 Å². The van der Waals surface area contributed by atoms with Crippen LogP contribution in [0.15, 0.2) is 82.3 Å². The van der Waals surface area contributed by atoms with Crippen molar-refractivity contribution < 1.29 is 35.3 Å². The number of likely N-dealkylation sites (N-methyl/N-ethyl adjacent to an activating group) is 1. The smallest absolute Gasteiger partial charge is 0.294 e. The van der Waals surface area contributed by atoms with Crippen molar-refractivity contribution in [1.29, 1.82) is 0 Å². The number of unbranched alkanes of at least 4 members (excludes halogenated alkanes) is 5. The van der Waals surface area contributed by atoms with Gasteiger partial charge in [-0.1, -0.05) is 44.9 Å². The largest absolute Gasteiger partial charge is 0.356 e. The Hall–Kier alpha value is -3.62. The minimum absolute atomic E-state index is 0.0657. The normalized spacial score (nSPS) is 17.5. The Morgan fingerprint density at radius 1 is 0.827 bits per heavy atom. The fourth-order valence-electron chi connectivity index (χ4n) is 7.24. The van der Waals surface area contributed by atoms with Gasteiger partial charge in [0, 0.05) is 60.4 Å². The van der Waals surface area contributed by atoms with Crippen molar-refractivity contribution in [2.24, 2.45) is 5.73 Å². The quantitative estimate of drug-likeness (QED) is 0.0569. The van der Waals surface area contributed by atoms with Crippen LogP contribution < -0.4 is 16.0 Å². The molecule has 0 aliphatic carbocycles. The van der Waals surface area contributed by atoms with E-state index in [1.807, 2.05) is 65.0 Å². The second-order valence-corrected chi connectivity index (χ2v) is 17.3. The first kappa shape index (κ1) is 41.1. The molecule has 2 aliphatic rings. The summed E-state index contributed by atoms with van der Waals surface area (Å²) in [7, 11) is -8.73. The van der Waals surface area contributed by atoms with Gasteiger partial charge in [-0.25, -0.2) is 0 Å². The van der Waals surface area contributed by atoms with Crippen LogP contribution >= 0.6 is 0 Å². The number of carbonyl (C=O) groups is 1. The SMILES string of the molecule is CCN1\C(=C/C=C/C=C/C2=[N+](CCCCCC(=O)NCCCCCCN)c3ccc(S(=O)(=O)O)cc3C2(C)C)C(C)(C)c2cc(S(=O)(=O)O)ccc21. The zero-order chi connectivity index (χ0) is 38.3. The highest BCUT2D eigenvalue weighted by atomic mass is 32.2. The van der Waals surface area contributed by atoms with Crippen LogP contribution in [0.2, 0.25) is 0 Å². The number of anilines is 1. The average Bonchev–Trinajstić information content (AvgIpc) is 3.42. The number of allylic oxidation sites excluding steroid dienone is 6. The third-order valence-corrected chi connectivity index (χ3v) is 11.8. The lowest BCUT2D eigenvalue weighted by Gasteiger charge is -2.25. The molecule has 2 heterocycles. The second kappa shape index (κ2) is 17.0. The number of nitrogens with two attached hydrogens (primary N) is 1. The van der Waals surface area contributed by atoms with Crippen LogP contribution in [0, 0.1) is 0 Å². The van der Waals surface area contributed by atoms with E-state index in [-0.39, 0.29) is 15.7 Å². The zero-order valence-corrected chi connectivity index (χ0v) is 32.7. The Labute approximate surface area is 309 Å². The molecular formula is C39H55N4O7S2+. The predicted octanol–water partition coefficient (Wildman–Crippen LogP) is 6.57. The number of benzene rings is 2. The molecule has 0 aromatic heterocycles. The van der Waals surface area contributed by atoms with Gasteiger partial charge in [0.1, 0.15) is 6.54 Å². The van der Waals surface area contributed by atoms with E-state index < -0.39 is 31.1 Å². The summed E-state index contributed by atoms with van der Waals surface area (Å²) >= 11 is 0. The van der Waals surface area contributed by atoms with Gasteiger partial charge in [-0.05, 0) is 95.0 Å². The van der Waals surface area contributed by atoms with Crippen LogP contribution in [-0.2, 0) is 35.9 Å². The van der Waals surface area contributed by atoms with Crippen molar-refractivity contribution in [2.45, 2.75) is 107 Å². The highest BCUT2D eigenvalue weighted by Crippen LogP contribution is 2.48.